The SMILES string of the molecule is CN1CNc2cc(-c3ccc(C(=O)N4CCN(C(=O)C5(O)CC5)CC45CC5)cc3)ccc21. The summed E-state index contributed by atoms with van der Waals surface area (Å²) >= 11 is 0. The third kappa shape index (κ3) is 3.06. The van der Waals surface area contributed by atoms with Gasteiger partial charge in [-0.25, -0.2) is 0 Å². The molecule has 0 bridgehead atoms. The number of rotatable bonds is 3. The first-order valence-electron chi connectivity index (χ1n) is 11.4. The number of anilines is 2. The second-order valence-electron chi connectivity index (χ2n) is 9.78. The van der Waals surface area contributed by atoms with Crippen molar-refractivity contribution < 1.29 is 14.7 Å². The lowest BCUT2D eigenvalue weighted by atomic mass is 10.0. The lowest BCUT2D eigenvalue weighted by molar-refractivity contribution is -0.145. The molecule has 0 unspecified atom stereocenters. The van der Waals surface area contributed by atoms with Gasteiger partial charge in [0.2, 0.25) is 0 Å². The Bertz CT molecular complexity index is 1100. The van der Waals surface area contributed by atoms with Crippen LogP contribution in [0.3, 0.4) is 0 Å². The van der Waals surface area contributed by atoms with E-state index in [1.54, 1.807) is 4.90 Å². The molecule has 2 heterocycles. The molecule has 2 aliphatic carbocycles. The van der Waals surface area contributed by atoms with Crippen LogP contribution in [0.5, 0.6) is 0 Å². The van der Waals surface area contributed by atoms with Crippen molar-refractivity contribution in [3.63, 3.8) is 0 Å². The van der Waals surface area contributed by atoms with Gasteiger partial charge < -0.3 is 25.1 Å². The summed E-state index contributed by atoms with van der Waals surface area (Å²) in [6, 6.07) is 14.2. The summed E-state index contributed by atoms with van der Waals surface area (Å²) in [5.41, 5.74) is 3.81. The highest BCUT2D eigenvalue weighted by Gasteiger charge is 2.57. The highest BCUT2D eigenvalue weighted by molar-refractivity contribution is 5.96. The van der Waals surface area contributed by atoms with Crippen LogP contribution in [0.1, 0.15) is 36.0 Å². The van der Waals surface area contributed by atoms with Crippen LogP contribution in [0.4, 0.5) is 11.4 Å². The van der Waals surface area contributed by atoms with Gasteiger partial charge >= 0.3 is 0 Å². The predicted octanol–water partition coefficient (Wildman–Crippen LogP) is 2.51. The van der Waals surface area contributed by atoms with Gasteiger partial charge in [-0.3, -0.25) is 9.59 Å². The third-order valence-electron chi connectivity index (χ3n) is 7.51. The molecule has 2 aromatic rings. The number of piperazine rings is 1. The number of nitrogens with one attached hydrogen (secondary N) is 1. The Morgan fingerprint density at radius 3 is 2.38 bits per heavy atom. The van der Waals surface area contributed by atoms with Gasteiger partial charge in [-0.1, -0.05) is 18.2 Å². The Morgan fingerprint density at radius 2 is 1.69 bits per heavy atom. The Kier molecular flexibility index (Phi) is 4.12. The summed E-state index contributed by atoms with van der Waals surface area (Å²) in [6.45, 7) is 2.36. The van der Waals surface area contributed by atoms with Crippen molar-refractivity contribution >= 4 is 23.2 Å². The van der Waals surface area contributed by atoms with E-state index < -0.39 is 5.60 Å². The zero-order valence-corrected chi connectivity index (χ0v) is 18.3. The first-order chi connectivity index (χ1) is 15.4. The Hall–Kier alpha value is -3.06. The van der Waals surface area contributed by atoms with E-state index in [9.17, 15) is 14.7 Å². The summed E-state index contributed by atoms with van der Waals surface area (Å²) < 4.78 is 0. The van der Waals surface area contributed by atoms with Gasteiger partial charge in [0, 0.05) is 32.2 Å². The van der Waals surface area contributed by atoms with E-state index in [0.717, 1.165) is 36.3 Å². The van der Waals surface area contributed by atoms with E-state index in [4.69, 9.17) is 0 Å². The molecule has 0 radical (unpaired) electrons. The second kappa shape index (κ2) is 6.72. The highest BCUT2D eigenvalue weighted by atomic mass is 16.3. The number of carbonyl (C=O) groups is 2. The topological polar surface area (TPSA) is 76.1 Å². The van der Waals surface area contributed by atoms with Crippen molar-refractivity contribution in [2.75, 3.05) is 43.6 Å². The molecule has 2 N–H and O–H groups in total. The number of aliphatic hydroxyl groups is 1. The fourth-order valence-electron chi connectivity index (χ4n) is 5.11. The maximum absolute atomic E-state index is 13.3. The minimum Gasteiger partial charge on any atom is -0.380 e. The zero-order chi connectivity index (χ0) is 22.1. The Balaban J connectivity index is 1.18. The summed E-state index contributed by atoms with van der Waals surface area (Å²) in [5, 5.41) is 13.6. The molecule has 2 aliphatic heterocycles. The van der Waals surface area contributed by atoms with Gasteiger partial charge in [0.15, 0.2) is 0 Å². The lowest BCUT2D eigenvalue weighted by Crippen LogP contribution is -2.60. The second-order valence-corrected chi connectivity index (χ2v) is 9.78. The van der Waals surface area contributed by atoms with Gasteiger partial charge in [0.25, 0.3) is 11.8 Å². The zero-order valence-electron chi connectivity index (χ0n) is 18.3. The van der Waals surface area contributed by atoms with E-state index in [1.807, 2.05) is 29.2 Å². The monoisotopic (exact) mass is 432 g/mol. The highest BCUT2D eigenvalue weighted by Crippen LogP contribution is 2.46. The van der Waals surface area contributed by atoms with Gasteiger partial charge in [-0.2, -0.15) is 0 Å². The van der Waals surface area contributed by atoms with Crippen LogP contribution >= 0.6 is 0 Å². The molecule has 3 fully saturated rings. The summed E-state index contributed by atoms with van der Waals surface area (Å²) in [7, 11) is 2.06. The molecule has 1 saturated heterocycles. The molecule has 4 aliphatic rings. The third-order valence-corrected chi connectivity index (χ3v) is 7.51. The number of benzene rings is 2. The molecule has 2 aromatic carbocycles. The van der Waals surface area contributed by atoms with Crippen LogP contribution in [-0.2, 0) is 4.79 Å². The quantitative estimate of drug-likeness (QED) is 0.780. The number of nitrogens with zero attached hydrogens (tertiary/aromatic N) is 3. The van der Waals surface area contributed by atoms with Crippen molar-refractivity contribution in [2.24, 2.45) is 0 Å². The maximum Gasteiger partial charge on any atom is 0.254 e. The van der Waals surface area contributed by atoms with Gasteiger partial charge in [0.05, 0.1) is 23.6 Å². The molecule has 7 heteroatoms. The van der Waals surface area contributed by atoms with E-state index >= 15 is 0 Å². The molecule has 2 saturated carbocycles. The molecule has 7 nitrogen and oxygen atoms in total. The van der Waals surface area contributed by atoms with Crippen molar-refractivity contribution in [2.45, 2.75) is 36.8 Å². The molecular weight excluding hydrogens is 404 g/mol. The van der Waals surface area contributed by atoms with Crippen LogP contribution in [0.25, 0.3) is 11.1 Å². The predicted molar refractivity (Wildman–Crippen MR) is 123 cm³/mol. The lowest BCUT2D eigenvalue weighted by Gasteiger charge is -2.43. The van der Waals surface area contributed by atoms with Crippen LogP contribution in [0.2, 0.25) is 0 Å². The molecule has 1 spiro atoms. The van der Waals surface area contributed by atoms with Crippen LogP contribution < -0.4 is 10.2 Å². The number of amides is 2. The van der Waals surface area contributed by atoms with E-state index in [0.29, 0.717) is 38.0 Å². The number of hydrogen-bond donors (Lipinski definition) is 2. The van der Waals surface area contributed by atoms with Crippen molar-refractivity contribution in [3.05, 3.63) is 48.0 Å². The van der Waals surface area contributed by atoms with Gasteiger partial charge in [-0.15, -0.1) is 0 Å². The number of fused-ring (bicyclic) bond motifs is 1. The fourth-order valence-corrected chi connectivity index (χ4v) is 5.11. The van der Waals surface area contributed by atoms with E-state index in [2.05, 4.69) is 35.5 Å². The summed E-state index contributed by atoms with van der Waals surface area (Å²) in [5.74, 6) is -0.126. The van der Waals surface area contributed by atoms with Crippen LogP contribution in [-0.4, -0.2) is 71.2 Å². The van der Waals surface area contributed by atoms with Crippen molar-refractivity contribution in [1.82, 2.24) is 9.80 Å². The normalized spacial score (nSPS) is 21.9. The van der Waals surface area contributed by atoms with Crippen LogP contribution in [0, 0.1) is 0 Å². The molecule has 2 amide bonds. The summed E-state index contributed by atoms with van der Waals surface area (Å²) in [4.78, 5) is 31.8. The first kappa shape index (κ1) is 19.6. The molecule has 6 rings (SSSR count). The molecule has 166 valence electrons. The number of hydrogen-bond acceptors (Lipinski definition) is 5. The van der Waals surface area contributed by atoms with E-state index in [1.165, 1.54) is 5.69 Å². The first-order valence-corrected chi connectivity index (χ1v) is 11.4. The minimum absolute atomic E-state index is 0.0310. The number of carbonyl (C=O) groups excluding carboxylic acids is 2. The average Bonchev–Trinajstić information content (AvgIpc) is 3.73. The minimum atomic E-state index is -1.14. The maximum atomic E-state index is 13.3. The molecule has 32 heavy (non-hydrogen) atoms. The van der Waals surface area contributed by atoms with Crippen LogP contribution in [0.15, 0.2) is 42.5 Å². The van der Waals surface area contributed by atoms with E-state index in [-0.39, 0.29) is 17.4 Å². The molecular formula is C25H28N4O3. The van der Waals surface area contributed by atoms with Crippen molar-refractivity contribution in [3.8, 4) is 11.1 Å². The smallest absolute Gasteiger partial charge is 0.254 e. The fraction of sp³-hybridized carbons (Fsp3) is 0.440. The van der Waals surface area contributed by atoms with Crippen molar-refractivity contribution in [1.29, 1.82) is 0 Å². The molecule has 0 aromatic heterocycles. The average molecular weight is 433 g/mol. The molecule has 0 atom stereocenters. The summed E-state index contributed by atoms with van der Waals surface area (Å²) in [6.07, 6.45) is 2.94. The Labute approximate surface area is 187 Å². The van der Waals surface area contributed by atoms with Gasteiger partial charge in [-0.05, 0) is 61.1 Å². The Morgan fingerprint density at radius 1 is 0.969 bits per heavy atom. The standard InChI is InChI=1S/C25H28N4O3/c1-27-16-26-20-14-19(6-7-21(20)27)17-2-4-18(5-3-17)22(30)29-13-12-28(15-24(29)8-9-24)23(31)25(32)10-11-25/h2-7,14,26,32H,8-13,15-16H2,1H3. The largest absolute Gasteiger partial charge is 0.380 e. The van der Waals surface area contributed by atoms with Gasteiger partial charge in [0.1, 0.15) is 5.60 Å².